The Hall–Kier alpha value is -1.71. The highest BCUT2D eigenvalue weighted by Crippen LogP contribution is 2.30. The molecular weight excluding hydrogens is 402 g/mol. The lowest BCUT2D eigenvalue weighted by Gasteiger charge is -2.37. The number of carbonyl (C=O) groups is 3. The third-order valence-corrected chi connectivity index (χ3v) is 5.01. The zero-order valence-corrected chi connectivity index (χ0v) is 20.3. The maximum atomic E-state index is 13.3. The number of rotatable bonds is 15. The quantitative estimate of drug-likeness (QED) is 0.201. The number of hydrogen-bond donors (Lipinski definition) is 3. The van der Waals surface area contributed by atoms with Gasteiger partial charge in [0, 0.05) is 19.6 Å². The molecule has 0 fully saturated rings. The molecule has 0 radical (unpaired) electrons. The minimum absolute atomic E-state index is 0.104. The van der Waals surface area contributed by atoms with E-state index in [1.165, 1.54) is 0 Å². The summed E-state index contributed by atoms with van der Waals surface area (Å²) < 4.78 is 10.2. The fourth-order valence-electron chi connectivity index (χ4n) is 3.55. The van der Waals surface area contributed by atoms with E-state index in [1.54, 1.807) is 27.9 Å². The number of nitrogens with zero attached hydrogens (tertiary/aromatic N) is 1. The Morgan fingerprint density at radius 1 is 1.10 bits per heavy atom. The van der Waals surface area contributed by atoms with Crippen LogP contribution in [0.4, 0.5) is 0 Å². The average Bonchev–Trinajstić information content (AvgIpc) is 2.65. The van der Waals surface area contributed by atoms with Crippen LogP contribution in [0, 0.1) is 23.2 Å². The van der Waals surface area contributed by atoms with Gasteiger partial charge in [-0.2, -0.15) is 0 Å². The predicted molar refractivity (Wildman–Crippen MR) is 118 cm³/mol. The first-order valence-electron chi connectivity index (χ1n) is 11.0. The molecule has 4 N–H and O–H groups in total. The van der Waals surface area contributed by atoms with Gasteiger partial charge in [0.1, 0.15) is 6.04 Å². The molecule has 31 heavy (non-hydrogen) atoms. The molecule has 0 aromatic carbocycles. The van der Waals surface area contributed by atoms with Gasteiger partial charge in [-0.25, -0.2) is 5.06 Å². The molecule has 0 bridgehead atoms. The van der Waals surface area contributed by atoms with E-state index in [1.807, 2.05) is 20.8 Å². The van der Waals surface area contributed by atoms with E-state index in [9.17, 15) is 19.6 Å². The third kappa shape index (κ3) is 10.4. The van der Waals surface area contributed by atoms with Crippen LogP contribution >= 0.6 is 0 Å². The minimum atomic E-state index is -1.14. The van der Waals surface area contributed by atoms with Gasteiger partial charge in [-0.1, -0.05) is 48.0 Å². The van der Waals surface area contributed by atoms with Crippen LogP contribution in [0.2, 0.25) is 0 Å². The zero-order chi connectivity index (χ0) is 24.2. The van der Waals surface area contributed by atoms with E-state index in [-0.39, 0.29) is 19.1 Å². The van der Waals surface area contributed by atoms with Crippen molar-refractivity contribution in [2.45, 2.75) is 66.8 Å². The van der Waals surface area contributed by atoms with Gasteiger partial charge in [-0.15, -0.1) is 0 Å². The highest BCUT2D eigenvalue weighted by Gasteiger charge is 2.43. The lowest BCUT2D eigenvalue weighted by Crippen LogP contribution is -2.57. The minimum Gasteiger partial charge on any atom is -0.382 e. The molecule has 9 nitrogen and oxygen atoms in total. The van der Waals surface area contributed by atoms with Crippen molar-refractivity contribution in [3.8, 4) is 0 Å². The maximum Gasteiger partial charge on any atom is 0.250 e. The number of primary amides is 1. The number of carbonyl (C=O) groups excluding carboxylic acids is 3. The van der Waals surface area contributed by atoms with Crippen molar-refractivity contribution in [2.24, 2.45) is 28.9 Å². The highest BCUT2D eigenvalue weighted by atomic mass is 16.5. The Labute approximate surface area is 187 Å². The highest BCUT2D eigenvalue weighted by molar-refractivity contribution is 5.91. The van der Waals surface area contributed by atoms with Crippen molar-refractivity contribution in [3.63, 3.8) is 0 Å². The molecule has 182 valence electrons. The Morgan fingerprint density at radius 3 is 2.16 bits per heavy atom. The van der Waals surface area contributed by atoms with Crippen molar-refractivity contribution in [1.82, 2.24) is 10.4 Å². The van der Waals surface area contributed by atoms with Gasteiger partial charge in [0.25, 0.3) is 5.91 Å². The van der Waals surface area contributed by atoms with Crippen LogP contribution < -0.4 is 11.1 Å². The summed E-state index contributed by atoms with van der Waals surface area (Å²) in [5.74, 6) is -3.11. The lowest BCUT2D eigenvalue weighted by molar-refractivity contribution is -0.195. The molecule has 0 aliphatic rings. The van der Waals surface area contributed by atoms with Crippen molar-refractivity contribution in [2.75, 3.05) is 33.5 Å². The molecule has 0 rings (SSSR count). The summed E-state index contributed by atoms with van der Waals surface area (Å²) in [5.41, 5.74) is 4.83. The maximum absolute atomic E-state index is 13.3. The van der Waals surface area contributed by atoms with Crippen molar-refractivity contribution in [1.29, 1.82) is 0 Å². The standard InChI is InChI=1S/C22H43N3O6/c1-8-9-16(19(23)26)17(14-15(2)3)21(28)25(29)18(22(4,5)6)20(27)24-10-11-31-13-12-30-7/h15-18,29H,8-14H2,1-7H3,(H2,23,26)(H,24,27)/t16-,17+,18+/m0/s1. The predicted octanol–water partition coefficient (Wildman–Crippen LogP) is 1.96. The van der Waals surface area contributed by atoms with Crippen LogP contribution in [-0.4, -0.2) is 67.5 Å². The summed E-state index contributed by atoms with van der Waals surface area (Å²) in [4.78, 5) is 38.2. The second-order valence-electron chi connectivity index (χ2n) is 9.38. The Kier molecular flexibility index (Phi) is 13.6. The van der Waals surface area contributed by atoms with E-state index in [0.29, 0.717) is 37.5 Å². The van der Waals surface area contributed by atoms with E-state index in [4.69, 9.17) is 15.2 Å². The van der Waals surface area contributed by atoms with Gasteiger partial charge in [-0.05, 0) is 24.2 Å². The molecule has 3 amide bonds. The number of ether oxygens (including phenoxy) is 2. The monoisotopic (exact) mass is 445 g/mol. The van der Waals surface area contributed by atoms with Crippen LogP contribution in [-0.2, 0) is 23.9 Å². The van der Waals surface area contributed by atoms with Gasteiger partial charge < -0.3 is 20.5 Å². The molecule has 0 aromatic heterocycles. The summed E-state index contributed by atoms with van der Waals surface area (Å²) in [6.45, 7) is 12.4. The van der Waals surface area contributed by atoms with Crippen LogP contribution in [0.3, 0.4) is 0 Å². The van der Waals surface area contributed by atoms with Crippen molar-refractivity contribution < 1.29 is 29.1 Å². The third-order valence-electron chi connectivity index (χ3n) is 5.01. The number of nitrogens with two attached hydrogens (primary N) is 1. The number of amides is 3. The average molecular weight is 446 g/mol. The van der Waals surface area contributed by atoms with Crippen molar-refractivity contribution >= 4 is 17.7 Å². The van der Waals surface area contributed by atoms with E-state index in [0.717, 1.165) is 0 Å². The molecule has 0 aromatic rings. The fourth-order valence-corrected chi connectivity index (χ4v) is 3.55. The second-order valence-corrected chi connectivity index (χ2v) is 9.38. The zero-order valence-electron chi connectivity index (χ0n) is 20.3. The molecule has 0 saturated carbocycles. The molecule has 0 unspecified atom stereocenters. The van der Waals surface area contributed by atoms with Gasteiger partial charge in [0.2, 0.25) is 11.8 Å². The Morgan fingerprint density at radius 2 is 1.71 bits per heavy atom. The first-order valence-corrected chi connectivity index (χ1v) is 11.0. The summed E-state index contributed by atoms with van der Waals surface area (Å²) in [6, 6.07) is -1.14. The molecule has 0 heterocycles. The van der Waals surface area contributed by atoms with Crippen LogP contribution in [0.15, 0.2) is 0 Å². The SMILES string of the molecule is CCC[C@H](C(N)=O)[C@@H](CC(C)C)C(=O)N(O)[C@H](C(=O)NCCOCCOC)C(C)(C)C. The second kappa shape index (κ2) is 14.4. The van der Waals surface area contributed by atoms with Gasteiger partial charge in [0.05, 0.1) is 25.7 Å². The lowest BCUT2D eigenvalue weighted by atomic mass is 9.80. The smallest absolute Gasteiger partial charge is 0.250 e. The summed E-state index contributed by atoms with van der Waals surface area (Å²) >= 11 is 0. The first-order chi connectivity index (χ1) is 14.4. The Balaban J connectivity index is 5.50. The first kappa shape index (κ1) is 29.3. The van der Waals surface area contributed by atoms with Crippen LogP contribution in [0.5, 0.6) is 0 Å². The number of nitrogens with one attached hydrogen (secondary N) is 1. The molecule has 0 saturated heterocycles. The van der Waals surface area contributed by atoms with Gasteiger partial charge >= 0.3 is 0 Å². The fraction of sp³-hybridized carbons (Fsp3) is 0.864. The molecular formula is C22H43N3O6. The molecule has 3 atom stereocenters. The number of methoxy groups -OCH3 is 1. The number of hydrogen-bond acceptors (Lipinski definition) is 6. The summed E-state index contributed by atoms with van der Waals surface area (Å²) in [5, 5.41) is 14.1. The van der Waals surface area contributed by atoms with Crippen LogP contribution in [0.25, 0.3) is 0 Å². The molecule has 0 spiro atoms. The van der Waals surface area contributed by atoms with Crippen LogP contribution in [0.1, 0.15) is 60.8 Å². The summed E-state index contributed by atoms with van der Waals surface area (Å²) in [6.07, 6.45) is 1.50. The van der Waals surface area contributed by atoms with E-state index < -0.39 is 41.0 Å². The van der Waals surface area contributed by atoms with Crippen molar-refractivity contribution in [3.05, 3.63) is 0 Å². The van der Waals surface area contributed by atoms with Gasteiger partial charge in [-0.3, -0.25) is 19.6 Å². The molecule has 9 heteroatoms. The van der Waals surface area contributed by atoms with E-state index >= 15 is 0 Å². The normalized spacial score (nSPS) is 14.7. The topological polar surface area (TPSA) is 131 Å². The molecule has 0 aliphatic carbocycles. The Bertz CT molecular complexity index is 562. The number of hydroxylamine groups is 2. The van der Waals surface area contributed by atoms with Gasteiger partial charge in [0.15, 0.2) is 0 Å². The molecule has 0 aliphatic heterocycles. The summed E-state index contributed by atoms with van der Waals surface area (Å²) in [7, 11) is 1.57. The largest absolute Gasteiger partial charge is 0.382 e. The van der Waals surface area contributed by atoms with E-state index in [2.05, 4.69) is 5.32 Å².